The maximum atomic E-state index is 14.0. The highest BCUT2D eigenvalue weighted by atomic mass is 19.1. The molecule has 212 valence electrons. The Hall–Kier alpha value is -4.31. The van der Waals surface area contributed by atoms with Crippen molar-refractivity contribution in [3.63, 3.8) is 0 Å². The minimum Gasteiger partial charge on any atom is -0.505 e. The second-order valence-electron chi connectivity index (χ2n) is 9.54. The Balaban J connectivity index is 1.61. The first-order valence-corrected chi connectivity index (χ1v) is 12.6. The van der Waals surface area contributed by atoms with Gasteiger partial charge < -0.3 is 24.1 Å². The highest BCUT2D eigenvalue weighted by molar-refractivity contribution is 5.93. The first-order valence-electron chi connectivity index (χ1n) is 12.6. The van der Waals surface area contributed by atoms with Crippen molar-refractivity contribution in [2.45, 2.75) is 26.0 Å². The second-order valence-corrected chi connectivity index (χ2v) is 9.54. The molecule has 0 bridgehead atoms. The highest BCUT2D eigenvalue weighted by Crippen LogP contribution is 2.57. The van der Waals surface area contributed by atoms with Crippen LogP contribution in [0.15, 0.2) is 60.7 Å². The Morgan fingerprint density at radius 2 is 1.60 bits per heavy atom. The van der Waals surface area contributed by atoms with E-state index in [2.05, 4.69) is 0 Å². The predicted octanol–water partition coefficient (Wildman–Crippen LogP) is 4.44. The first kappa shape index (κ1) is 28.7. The third-order valence-electron chi connectivity index (χ3n) is 7.10. The molecule has 0 aliphatic heterocycles. The molecule has 0 spiro atoms. The second kappa shape index (κ2) is 12.3. The number of ether oxygens (including phenoxy) is 4. The number of phenols is 1. The van der Waals surface area contributed by atoms with Crippen LogP contribution in [0.1, 0.15) is 23.1 Å². The van der Waals surface area contributed by atoms with E-state index in [0.717, 1.165) is 11.6 Å². The molecule has 1 aliphatic carbocycles. The average Bonchev–Trinajstić information content (AvgIpc) is 3.71. The number of rotatable bonds is 12. The summed E-state index contributed by atoms with van der Waals surface area (Å²) < 4.78 is 35.1. The van der Waals surface area contributed by atoms with Crippen LogP contribution in [0.4, 0.5) is 4.39 Å². The third-order valence-corrected chi connectivity index (χ3v) is 7.10. The molecule has 3 aromatic carbocycles. The standard InChI is InChI=1S/C30H32FNO8/c1-36-22-9-5-19(6-10-22)18-40-32(17-21-8-11-23(37-2)14-27(21)38-3)28(34)24-16-30(24,29(35)39-4)15-20-7-12-26(33)25(31)13-20/h5-14,24,33H,15-18H2,1-4H3/t24?,30-/m0/s1. The van der Waals surface area contributed by atoms with E-state index in [4.69, 9.17) is 23.8 Å². The molecule has 0 aromatic heterocycles. The summed E-state index contributed by atoms with van der Waals surface area (Å²) in [5.74, 6) is -1.29. The van der Waals surface area contributed by atoms with Crippen molar-refractivity contribution in [3.8, 4) is 23.0 Å². The fourth-order valence-corrected chi connectivity index (χ4v) is 4.72. The number of carbonyl (C=O) groups is 2. The minimum absolute atomic E-state index is 0.0315. The summed E-state index contributed by atoms with van der Waals surface area (Å²) in [7, 11) is 5.88. The lowest BCUT2D eigenvalue weighted by Crippen LogP contribution is -2.36. The number of amides is 1. The number of methoxy groups -OCH3 is 4. The van der Waals surface area contributed by atoms with Gasteiger partial charge in [-0.25, -0.2) is 9.45 Å². The lowest BCUT2D eigenvalue weighted by molar-refractivity contribution is -0.198. The SMILES string of the molecule is COC(=O)[C@@]1(Cc2ccc(O)c(F)c2)CC1C(=O)N(Cc1ccc(OC)cc1OC)OCc1ccc(OC)cc1. The maximum absolute atomic E-state index is 14.0. The van der Waals surface area contributed by atoms with Crippen molar-refractivity contribution in [3.05, 3.63) is 83.2 Å². The van der Waals surface area contributed by atoms with E-state index >= 15 is 0 Å². The molecule has 0 heterocycles. The van der Waals surface area contributed by atoms with E-state index in [1.165, 1.54) is 31.4 Å². The van der Waals surface area contributed by atoms with Crippen LogP contribution < -0.4 is 14.2 Å². The number of phenolic OH excluding ortho intramolecular Hbond substituents is 1. The summed E-state index contributed by atoms with van der Waals surface area (Å²) in [6.07, 6.45) is 0.259. The van der Waals surface area contributed by atoms with Crippen LogP contribution in [-0.2, 0) is 38.7 Å². The smallest absolute Gasteiger partial charge is 0.312 e. The molecule has 4 rings (SSSR count). The van der Waals surface area contributed by atoms with Gasteiger partial charge in [-0.05, 0) is 60.4 Å². The zero-order chi connectivity index (χ0) is 28.9. The van der Waals surface area contributed by atoms with Crippen molar-refractivity contribution in [1.29, 1.82) is 0 Å². The molecule has 1 N–H and O–H groups in total. The average molecular weight is 554 g/mol. The Labute approximate surface area is 231 Å². The van der Waals surface area contributed by atoms with Crippen LogP contribution in [0.25, 0.3) is 0 Å². The van der Waals surface area contributed by atoms with Gasteiger partial charge in [0.05, 0.1) is 46.3 Å². The van der Waals surface area contributed by atoms with Gasteiger partial charge in [0.15, 0.2) is 11.6 Å². The third kappa shape index (κ3) is 6.12. The molecule has 0 radical (unpaired) electrons. The summed E-state index contributed by atoms with van der Waals surface area (Å²) in [6, 6.07) is 16.3. The van der Waals surface area contributed by atoms with Crippen molar-refractivity contribution >= 4 is 11.9 Å². The molecule has 40 heavy (non-hydrogen) atoms. The normalized spacial score (nSPS) is 17.6. The zero-order valence-electron chi connectivity index (χ0n) is 22.8. The van der Waals surface area contributed by atoms with E-state index in [1.54, 1.807) is 44.6 Å². The van der Waals surface area contributed by atoms with Gasteiger partial charge in [0, 0.05) is 11.6 Å². The van der Waals surface area contributed by atoms with E-state index in [0.29, 0.717) is 28.4 Å². The molecule has 10 heteroatoms. The van der Waals surface area contributed by atoms with Gasteiger partial charge in [-0.1, -0.05) is 18.2 Å². The quantitative estimate of drug-likeness (QED) is 0.259. The van der Waals surface area contributed by atoms with Gasteiger partial charge >= 0.3 is 5.97 Å². The fourth-order valence-electron chi connectivity index (χ4n) is 4.72. The van der Waals surface area contributed by atoms with Crippen LogP contribution in [0.3, 0.4) is 0 Å². The van der Waals surface area contributed by atoms with Gasteiger partial charge in [-0.2, -0.15) is 0 Å². The van der Waals surface area contributed by atoms with E-state index in [-0.39, 0.29) is 26.0 Å². The summed E-state index contributed by atoms with van der Waals surface area (Å²) in [4.78, 5) is 32.9. The van der Waals surface area contributed by atoms with Crippen LogP contribution >= 0.6 is 0 Å². The molecule has 2 atom stereocenters. The van der Waals surface area contributed by atoms with Gasteiger partial charge in [-0.15, -0.1) is 0 Å². The lowest BCUT2D eigenvalue weighted by Gasteiger charge is -2.25. The summed E-state index contributed by atoms with van der Waals surface area (Å²) in [6.45, 7) is 0.110. The minimum atomic E-state index is -1.19. The molecule has 1 amide bonds. The predicted molar refractivity (Wildman–Crippen MR) is 142 cm³/mol. The Kier molecular flexibility index (Phi) is 8.79. The molecule has 0 saturated heterocycles. The largest absolute Gasteiger partial charge is 0.505 e. The van der Waals surface area contributed by atoms with Gasteiger partial charge in [0.2, 0.25) is 0 Å². The van der Waals surface area contributed by atoms with Gasteiger partial charge in [0.1, 0.15) is 23.9 Å². The first-order chi connectivity index (χ1) is 19.2. The fraction of sp³-hybridized carbons (Fsp3) is 0.333. The van der Waals surface area contributed by atoms with Crippen LogP contribution in [0, 0.1) is 17.2 Å². The summed E-state index contributed by atoms with van der Waals surface area (Å²) >= 11 is 0. The number of esters is 1. The molecule has 1 unspecified atom stereocenters. The molecule has 3 aromatic rings. The number of hydroxylamine groups is 2. The molecule has 1 aliphatic rings. The molecular formula is C30H32FNO8. The highest BCUT2D eigenvalue weighted by Gasteiger charge is 2.65. The zero-order valence-corrected chi connectivity index (χ0v) is 22.8. The molecule has 1 saturated carbocycles. The molecule has 1 fully saturated rings. The Bertz CT molecular complexity index is 1360. The lowest BCUT2D eigenvalue weighted by atomic mass is 9.93. The number of nitrogens with zero attached hydrogens (tertiary/aromatic N) is 1. The van der Waals surface area contributed by atoms with Crippen LogP contribution in [0.5, 0.6) is 23.0 Å². The molecule has 9 nitrogen and oxygen atoms in total. The van der Waals surface area contributed by atoms with Crippen LogP contribution in [-0.4, -0.2) is 50.5 Å². The maximum Gasteiger partial charge on any atom is 0.312 e. The van der Waals surface area contributed by atoms with Crippen molar-refractivity contribution in [2.75, 3.05) is 28.4 Å². The van der Waals surface area contributed by atoms with Gasteiger partial charge in [0.25, 0.3) is 5.91 Å². The monoisotopic (exact) mass is 553 g/mol. The summed E-state index contributed by atoms with van der Waals surface area (Å²) in [5.41, 5.74) is 0.728. The number of aromatic hydroxyl groups is 1. The molecular weight excluding hydrogens is 521 g/mol. The van der Waals surface area contributed by atoms with Crippen molar-refractivity contribution < 1.29 is 42.9 Å². The van der Waals surface area contributed by atoms with Crippen molar-refractivity contribution in [1.82, 2.24) is 5.06 Å². The van der Waals surface area contributed by atoms with Gasteiger partial charge in [-0.3, -0.25) is 14.4 Å². The Morgan fingerprint density at radius 1 is 0.925 bits per heavy atom. The van der Waals surface area contributed by atoms with E-state index in [9.17, 15) is 19.1 Å². The summed E-state index contributed by atoms with van der Waals surface area (Å²) in [5, 5.41) is 10.8. The topological polar surface area (TPSA) is 104 Å². The van der Waals surface area contributed by atoms with Crippen molar-refractivity contribution in [2.24, 2.45) is 11.3 Å². The van der Waals surface area contributed by atoms with E-state index in [1.807, 2.05) is 12.1 Å². The number of hydrogen-bond acceptors (Lipinski definition) is 8. The number of carbonyl (C=O) groups excluding carboxylic acids is 2. The van der Waals surface area contributed by atoms with E-state index < -0.39 is 34.8 Å². The Morgan fingerprint density at radius 3 is 2.23 bits per heavy atom. The number of benzene rings is 3. The van der Waals surface area contributed by atoms with Crippen LogP contribution in [0.2, 0.25) is 0 Å². The number of halogens is 1. The number of hydrogen-bond donors (Lipinski definition) is 1.